The molecule has 2 aromatic rings. The van der Waals surface area contributed by atoms with Crippen LogP contribution in [0.2, 0.25) is 0 Å². The maximum atomic E-state index is 12.7. The highest BCUT2D eigenvalue weighted by atomic mass is 32.2. The molecule has 0 bridgehead atoms. The fraction of sp³-hybridized carbons (Fsp3) is 0.435. The van der Waals surface area contributed by atoms with Crippen molar-refractivity contribution in [3.63, 3.8) is 0 Å². The van der Waals surface area contributed by atoms with E-state index in [1.165, 1.54) is 15.4 Å². The highest BCUT2D eigenvalue weighted by Gasteiger charge is 2.30. The predicted molar refractivity (Wildman–Crippen MR) is 119 cm³/mol. The molecular weight excluding hydrogens is 398 g/mol. The lowest BCUT2D eigenvalue weighted by Crippen LogP contribution is -2.52. The zero-order valence-corrected chi connectivity index (χ0v) is 18.8. The molecule has 1 aliphatic heterocycles. The summed E-state index contributed by atoms with van der Waals surface area (Å²) in [4.78, 5) is 16.7. The van der Waals surface area contributed by atoms with Gasteiger partial charge in [0.1, 0.15) is 0 Å². The van der Waals surface area contributed by atoms with E-state index in [2.05, 4.69) is 38.1 Å². The third-order valence-corrected chi connectivity index (χ3v) is 7.39. The van der Waals surface area contributed by atoms with Crippen molar-refractivity contribution in [1.29, 1.82) is 0 Å². The monoisotopic (exact) mass is 429 g/mol. The second kappa shape index (κ2) is 9.73. The Kier molecular flexibility index (Phi) is 7.28. The average Bonchev–Trinajstić information content (AvgIpc) is 2.74. The van der Waals surface area contributed by atoms with E-state index in [1.54, 1.807) is 35.2 Å². The summed E-state index contributed by atoms with van der Waals surface area (Å²) >= 11 is 0. The van der Waals surface area contributed by atoms with Gasteiger partial charge < -0.3 is 4.90 Å². The molecular formula is C23H31N3O3S. The van der Waals surface area contributed by atoms with Gasteiger partial charge in [0.05, 0.1) is 11.4 Å². The second-order valence-electron chi connectivity index (χ2n) is 8.17. The van der Waals surface area contributed by atoms with Gasteiger partial charge >= 0.3 is 0 Å². The fourth-order valence-corrected chi connectivity index (χ4v) is 5.07. The van der Waals surface area contributed by atoms with E-state index in [0.717, 1.165) is 0 Å². The maximum Gasteiger partial charge on any atom is 0.243 e. The van der Waals surface area contributed by atoms with Crippen LogP contribution in [-0.4, -0.2) is 68.2 Å². The summed E-state index contributed by atoms with van der Waals surface area (Å²) < 4.78 is 26.9. The first kappa shape index (κ1) is 22.5. The molecule has 7 heteroatoms. The van der Waals surface area contributed by atoms with Gasteiger partial charge in [-0.2, -0.15) is 4.31 Å². The number of sulfonamides is 1. The van der Waals surface area contributed by atoms with E-state index in [9.17, 15) is 13.2 Å². The summed E-state index contributed by atoms with van der Waals surface area (Å²) in [5, 5.41) is 0. The smallest absolute Gasteiger partial charge is 0.243 e. The third-order valence-electron chi connectivity index (χ3n) is 5.48. The summed E-state index contributed by atoms with van der Waals surface area (Å²) in [5.41, 5.74) is 2.48. The quantitative estimate of drug-likeness (QED) is 0.679. The lowest BCUT2D eigenvalue weighted by molar-refractivity contribution is -0.133. The van der Waals surface area contributed by atoms with Gasteiger partial charge in [0.25, 0.3) is 0 Å². The highest BCUT2D eigenvalue weighted by Crippen LogP contribution is 2.18. The number of piperazine rings is 1. The minimum atomic E-state index is -3.50. The molecule has 1 saturated heterocycles. The van der Waals surface area contributed by atoms with Crippen molar-refractivity contribution in [2.24, 2.45) is 0 Å². The van der Waals surface area contributed by atoms with Crippen molar-refractivity contribution in [3.8, 4) is 0 Å². The van der Waals surface area contributed by atoms with Crippen LogP contribution in [0.25, 0.3) is 0 Å². The number of carbonyl (C=O) groups is 1. The van der Waals surface area contributed by atoms with Crippen molar-refractivity contribution in [3.05, 3.63) is 65.7 Å². The zero-order chi connectivity index (χ0) is 21.7. The van der Waals surface area contributed by atoms with Crippen LogP contribution in [0.4, 0.5) is 0 Å². The Hall–Kier alpha value is -2.22. The van der Waals surface area contributed by atoms with Crippen LogP contribution in [-0.2, 0) is 21.4 Å². The normalized spacial score (nSPS) is 15.7. The van der Waals surface area contributed by atoms with Gasteiger partial charge in [0.15, 0.2) is 0 Å². The molecule has 3 rings (SSSR count). The Balaban J connectivity index is 1.50. The fourth-order valence-electron chi connectivity index (χ4n) is 3.63. The first-order chi connectivity index (χ1) is 14.3. The van der Waals surface area contributed by atoms with E-state index in [0.29, 0.717) is 50.1 Å². The minimum absolute atomic E-state index is 0.0352. The highest BCUT2D eigenvalue weighted by molar-refractivity contribution is 7.89. The van der Waals surface area contributed by atoms with Gasteiger partial charge in [-0.3, -0.25) is 9.69 Å². The Labute approximate surface area is 180 Å². The van der Waals surface area contributed by atoms with Crippen LogP contribution < -0.4 is 0 Å². The van der Waals surface area contributed by atoms with Gasteiger partial charge in [-0.25, -0.2) is 8.42 Å². The first-order valence-corrected chi connectivity index (χ1v) is 11.8. The van der Waals surface area contributed by atoms with Gasteiger partial charge in [-0.1, -0.05) is 56.3 Å². The van der Waals surface area contributed by atoms with Crippen molar-refractivity contribution in [2.45, 2.75) is 31.2 Å². The molecule has 0 aliphatic carbocycles. The van der Waals surface area contributed by atoms with Crippen molar-refractivity contribution in [2.75, 3.05) is 39.8 Å². The molecule has 1 fully saturated rings. The molecule has 0 spiro atoms. The molecule has 162 valence electrons. The summed E-state index contributed by atoms with van der Waals surface area (Å²) in [5.74, 6) is 0.538. The molecule has 1 amide bonds. The van der Waals surface area contributed by atoms with Crippen LogP contribution in [0.5, 0.6) is 0 Å². The van der Waals surface area contributed by atoms with Crippen molar-refractivity contribution in [1.82, 2.24) is 14.1 Å². The number of rotatable bonds is 7. The Bertz CT molecular complexity index is 935. The van der Waals surface area contributed by atoms with Crippen LogP contribution in [0.15, 0.2) is 59.5 Å². The summed E-state index contributed by atoms with van der Waals surface area (Å²) in [6, 6.07) is 17.0. The maximum absolute atomic E-state index is 12.7. The van der Waals surface area contributed by atoms with E-state index in [4.69, 9.17) is 0 Å². The zero-order valence-electron chi connectivity index (χ0n) is 18.0. The van der Waals surface area contributed by atoms with E-state index >= 15 is 0 Å². The van der Waals surface area contributed by atoms with Gasteiger partial charge in [-0.15, -0.1) is 0 Å². The van der Waals surface area contributed by atoms with E-state index < -0.39 is 10.0 Å². The molecule has 2 aromatic carbocycles. The molecule has 1 heterocycles. The molecule has 0 unspecified atom stereocenters. The summed E-state index contributed by atoms with van der Waals surface area (Å²) in [6.07, 6.45) is 0. The van der Waals surface area contributed by atoms with Crippen molar-refractivity contribution >= 4 is 15.9 Å². The third kappa shape index (κ3) is 5.47. The van der Waals surface area contributed by atoms with Gasteiger partial charge in [0, 0.05) is 32.7 Å². The standard InChI is InChI=1S/C23H31N3O3S/c1-19(2)21-11-9-20(10-12-21)17-24(3)18-23(27)25-13-15-26(16-14-25)30(28,29)22-7-5-4-6-8-22/h4-12,19H,13-18H2,1-3H3. The molecule has 0 radical (unpaired) electrons. The number of benzene rings is 2. The molecule has 30 heavy (non-hydrogen) atoms. The largest absolute Gasteiger partial charge is 0.339 e. The minimum Gasteiger partial charge on any atom is -0.339 e. The van der Waals surface area contributed by atoms with Gasteiger partial charge in [-0.05, 0) is 36.2 Å². The van der Waals surface area contributed by atoms with Crippen LogP contribution >= 0.6 is 0 Å². The molecule has 0 saturated carbocycles. The Morgan fingerprint density at radius 3 is 2.13 bits per heavy atom. The topological polar surface area (TPSA) is 60.9 Å². The molecule has 0 atom stereocenters. The number of carbonyl (C=O) groups excluding carboxylic acids is 1. The predicted octanol–water partition coefficient (Wildman–Crippen LogP) is 2.77. The number of hydrogen-bond acceptors (Lipinski definition) is 4. The van der Waals surface area contributed by atoms with E-state index in [1.807, 2.05) is 11.9 Å². The lowest BCUT2D eigenvalue weighted by Gasteiger charge is -2.34. The van der Waals surface area contributed by atoms with E-state index in [-0.39, 0.29) is 5.91 Å². The van der Waals surface area contributed by atoms with Crippen molar-refractivity contribution < 1.29 is 13.2 Å². The molecule has 1 aliphatic rings. The number of hydrogen-bond donors (Lipinski definition) is 0. The van der Waals surface area contributed by atoms with Gasteiger partial charge in [0.2, 0.25) is 15.9 Å². The lowest BCUT2D eigenvalue weighted by atomic mass is 10.0. The van der Waals surface area contributed by atoms with Crippen LogP contribution in [0.1, 0.15) is 30.9 Å². The first-order valence-electron chi connectivity index (χ1n) is 10.4. The number of amides is 1. The molecule has 6 nitrogen and oxygen atoms in total. The Morgan fingerprint density at radius 2 is 1.57 bits per heavy atom. The SMILES string of the molecule is CC(C)c1ccc(CN(C)CC(=O)N2CCN(S(=O)(=O)c3ccccc3)CC2)cc1. The summed E-state index contributed by atoms with van der Waals surface area (Å²) in [6.45, 7) is 6.84. The number of nitrogens with zero attached hydrogens (tertiary/aromatic N) is 3. The number of likely N-dealkylation sites (N-methyl/N-ethyl adjacent to an activating group) is 1. The van der Waals surface area contributed by atoms with Crippen LogP contribution in [0, 0.1) is 0 Å². The molecule has 0 N–H and O–H groups in total. The van der Waals surface area contributed by atoms with Crippen LogP contribution in [0.3, 0.4) is 0 Å². The second-order valence-corrected chi connectivity index (χ2v) is 10.1. The summed E-state index contributed by atoms with van der Waals surface area (Å²) in [7, 11) is -1.56. The average molecular weight is 430 g/mol. The molecule has 0 aromatic heterocycles. The Morgan fingerprint density at radius 1 is 0.967 bits per heavy atom.